The van der Waals surface area contributed by atoms with Crippen LogP contribution in [0.25, 0.3) is 0 Å². The summed E-state index contributed by atoms with van der Waals surface area (Å²) in [6, 6.07) is 0.238. The number of aromatic nitrogens is 3. The fraction of sp³-hybridized carbons (Fsp3) is 0.545. The highest BCUT2D eigenvalue weighted by Crippen LogP contribution is 2.06. The van der Waals surface area contributed by atoms with Gasteiger partial charge in [0.05, 0.1) is 6.42 Å². The topological polar surface area (TPSA) is 47.8 Å². The molecule has 1 aromatic heterocycles. The van der Waals surface area contributed by atoms with Gasteiger partial charge in [-0.15, -0.1) is 0 Å². The van der Waals surface area contributed by atoms with Crippen LogP contribution in [0.4, 0.5) is 0 Å². The Balaban J connectivity index is 2.77. The lowest BCUT2D eigenvalue weighted by Gasteiger charge is -2.07. The van der Waals surface area contributed by atoms with Crippen LogP contribution in [0.15, 0.2) is 18.0 Å². The van der Waals surface area contributed by atoms with Crippen LogP contribution in [0.1, 0.15) is 39.6 Å². The molecule has 0 N–H and O–H groups in total. The normalized spacial score (nSPS) is 10.5. The molecule has 82 valence electrons. The molecule has 1 heterocycles. The summed E-state index contributed by atoms with van der Waals surface area (Å²) in [5, 5.41) is 4.08. The predicted molar refractivity (Wildman–Crippen MR) is 58.5 cm³/mol. The molecule has 0 amide bonds. The Morgan fingerprint density at radius 1 is 1.53 bits per heavy atom. The maximum absolute atomic E-state index is 11.5. The summed E-state index contributed by atoms with van der Waals surface area (Å²) < 4.78 is 1.77. The third-order valence-electron chi connectivity index (χ3n) is 1.92. The fourth-order valence-corrected chi connectivity index (χ4v) is 1.36. The lowest BCUT2D eigenvalue weighted by Crippen LogP contribution is -2.11. The highest BCUT2D eigenvalue weighted by atomic mass is 16.1. The number of ketones is 1. The lowest BCUT2D eigenvalue weighted by atomic mass is 10.2. The van der Waals surface area contributed by atoms with Gasteiger partial charge in [0, 0.05) is 6.04 Å². The molecule has 0 bridgehead atoms. The van der Waals surface area contributed by atoms with Crippen molar-refractivity contribution >= 4 is 5.78 Å². The van der Waals surface area contributed by atoms with Crippen LogP contribution in [0.2, 0.25) is 0 Å². The molecule has 0 fully saturated rings. The van der Waals surface area contributed by atoms with Gasteiger partial charge in [0.15, 0.2) is 5.78 Å². The monoisotopic (exact) mass is 207 g/mol. The first-order valence-corrected chi connectivity index (χ1v) is 5.07. The van der Waals surface area contributed by atoms with Gasteiger partial charge in [0.25, 0.3) is 0 Å². The van der Waals surface area contributed by atoms with Gasteiger partial charge in [-0.2, -0.15) is 5.10 Å². The van der Waals surface area contributed by atoms with E-state index in [9.17, 15) is 4.79 Å². The summed E-state index contributed by atoms with van der Waals surface area (Å²) in [7, 11) is 0. The summed E-state index contributed by atoms with van der Waals surface area (Å²) >= 11 is 0. The van der Waals surface area contributed by atoms with E-state index in [2.05, 4.69) is 10.1 Å². The second-order valence-electron chi connectivity index (χ2n) is 4.08. The number of rotatable bonds is 4. The minimum absolute atomic E-state index is 0.0740. The highest BCUT2D eigenvalue weighted by Gasteiger charge is 2.10. The molecule has 0 aliphatic carbocycles. The van der Waals surface area contributed by atoms with E-state index in [1.165, 1.54) is 6.33 Å². The van der Waals surface area contributed by atoms with Gasteiger partial charge in [-0.3, -0.25) is 4.79 Å². The summed E-state index contributed by atoms with van der Waals surface area (Å²) in [6.07, 6.45) is 3.45. The van der Waals surface area contributed by atoms with Crippen LogP contribution in [-0.4, -0.2) is 20.5 Å². The Kier molecular flexibility index (Phi) is 3.77. The van der Waals surface area contributed by atoms with E-state index in [1.54, 1.807) is 10.8 Å². The van der Waals surface area contributed by atoms with Gasteiger partial charge >= 0.3 is 0 Å². The van der Waals surface area contributed by atoms with E-state index in [-0.39, 0.29) is 11.8 Å². The van der Waals surface area contributed by atoms with Crippen LogP contribution in [-0.2, 0) is 11.2 Å². The van der Waals surface area contributed by atoms with Crippen molar-refractivity contribution in [1.29, 1.82) is 0 Å². The first kappa shape index (κ1) is 11.6. The first-order valence-electron chi connectivity index (χ1n) is 5.07. The molecule has 4 nitrogen and oxygen atoms in total. The Morgan fingerprint density at radius 3 is 2.73 bits per heavy atom. The van der Waals surface area contributed by atoms with Crippen LogP contribution < -0.4 is 0 Å². The van der Waals surface area contributed by atoms with Crippen molar-refractivity contribution in [3.05, 3.63) is 23.8 Å². The lowest BCUT2D eigenvalue weighted by molar-refractivity contribution is -0.114. The average Bonchev–Trinajstić information content (AvgIpc) is 2.50. The largest absolute Gasteiger partial charge is 0.294 e. The van der Waals surface area contributed by atoms with E-state index in [4.69, 9.17) is 0 Å². The van der Waals surface area contributed by atoms with Crippen molar-refractivity contribution in [2.24, 2.45) is 0 Å². The van der Waals surface area contributed by atoms with Crippen molar-refractivity contribution < 1.29 is 4.79 Å². The van der Waals surface area contributed by atoms with Gasteiger partial charge in [0.2, 0.25) is 0 Å². The van der Waals surface area contributed by atoms with Crippen molar-refractivity contribution in [3.63, 3.8) is 0 Å². The molecule has 0 spiro atoms. The summed E-state index contributed by atoms with van der Waals surface area (Å²) in [5.41, 5.74) is 1.01. The first-order chi connectivity index (χ1) is 7.00. The van der Waals surface area contributed by atoms with E-state index in [0.29, 0.717) is 6.42 Å². The van der Waals surface area contributed by atoms with Crippen LogP contribution >= 0.6 is 0 Å². The average molecular weight is 207 g/mol. The highest BCUT2D eigenvalue weighted by molar-refractivity contribution is 5.91. The molecule has 0 aliphatic rings. The minimum atomic E-state index is 0.0740. The number of carbonyl (C=O) groups is 1. The van der Waals surface area contributed by atoms with Crippen LogP contribution in [0.5, 0.6) is 0 Å². The van der Waals surface area contributed by atoms with E-state index in [1.807, 2.05) is 27.7 Å². The van der Waals surface area contributed by atoms with Gasteiger partial charge in [0.1, 0.15) is 12.2 Å². The summed E-state index contributed by atoms with van der Waals surface area (Å²) in [6.45, 7) is 7.85. The maximum Gasteiger partial charge on any atom is 0.163 e. The second-order valence-corrected chi connectivity index (χ2v) is 4.08. The standard InChI is InChI=1S/C11H17N3O/c1-8(2)5-10(15)6-11-12-7-13-14(11)9(3)4/h5,7,9H,6H2,1-4H3. The zero-order valence-corrected chi connectivity index (χ0v) is 9.69. The molecule has 1 aromatic rings. The van der Waals surface area contributed by atoms with E-state index < -0.39 is 0 Å². The van der Waals surface area contributed by atoms with Crippen LogP contribution in [0, 0.1) is 0 Å². The van der Waals surface area contributed by atoms with Crippen molar-refractivity contribution in [2.45, 2.75) is 40.2 Å². The molecule has 1 rings (SSSR count). The van der Waals surface area contributed by atoms with Crippen LogP contribution in [0.3, 0.4) is 0 Å². The Morgan fingerprint density at radius 2 is 2.20 bits per heavy atom. The SMILES string of the molecule is CC(C)=CC(=O)Cc1ncnn1C(C)C. The molecule has 4 heteroatoms. The second kappa shape index (κ2) is 4.87. The third kappa shape index (κ3) is 3.31. The van der Waals surface area contributed by atoms with E-state index >= 15 is 0 Å². The number of nitrogens with zero attached hydrogens (tertiary/aromatic N) is 3. The Bertz CT molecular complexity index is 373. The van der Waals surface area contributed by atoms with Gasteiger partial charge < -0.3 is 0 Å². The van der Waals surface area contributed by atoms with Crippen molar-refractivity contribution in [2.75, 3.05) is 0 Å². The summed E-state index contributed by atoms with van der Waals surface area (Å²) in [4.78, 5) is 15.6. The molecular weight excluding hydrogens is 190 g/mol. The molecule has 0 saturated heterocycles. The molecule has 15 heavy (non-hydrogen) atoms. The zero-order chi connectivity index (χ0) is 11.4. The smallest absolute Gasteiger partial charge is 0.163 e. The minimum Gasteiger partial charge on any atom is -0.294 e. The molecule has 0 radical (unpaired) electrons. The maximum atomic E-state index is 11.5. The molecular formula is C11H17N3O. The Hall–Kier alpha value is -1.45. The molecule has 0 aromatic carbocycles. The van der Waals surface area contributed by atoms with Crippen molar-refractivity contribution in [1.82, 2.24) is 14.8 Å². The molecule has 0 saturated carbocycles. The van der Waals surface area contributed by atoms with Gasteiger partial charge in [-0.05, 0) is 33.8 Å². The third-order valence-corrected chi connectivity index (χ3v) is 1.92. The summed E-state index contributed by atoms with van der Waals surface area (Å²) in [5.74, 6) is 0.803. The van der Waals surface area contributed by atoms with Crippen molar-refractivity contribution in [3.8, 4) is 0 Å². The molecule has 0 atom stereocenters. The number of allylic oxidation sites excluding steroid dienone is 2. The molecule has 0 aliphatic heterocycles. The Labute approximate surface area is 90.0 Å². The molecule has 0 unspecified atom stereocenters. The fourth-order valence-electron chi connectivity index (χ4n) is 1.36. The predicted octanol–water partition coefficient (Wildman–Crippen LogP) is 1.94. The quantitative estimate of drug-likeness (QED) is 0.709. The number of hydrogen-bond acceptors (Lipinski definition) is 3. The number of hydrogen-bond donors (Lipinski definition) is 0. The van der Waals surface area contributed by atoms with E-state index in [0.717, 1.165) is 11.4 Å². The zero-order valence-electron chi connectivity index (χ0n) is 9.69. The van der Waals surface area contributed by atoms with Gasteiger partial charge in [-0.1, -0.05) is 5.57 Å². The van der Waals surface area contributed by atoms with Gasteiger partial charge in [-0.25, -0.2) is 9.67 Å². The number of carbonyl (C=O) groups excluding carboxylic acids is 1.